The van der Waals surface area contributed by atoms with Crippen LogP contribution in [0.15, 0.2) is 20.0 Å². The summed E-state index contributed by atoms with van der Waals surface area (Å²) in [5, 5.41) is 0. The van der Waals surface area contributed by atoms with Gasteiger partial charge in [-0.1, -0.05) is 0 Å². The molecule has 0 atom stereocenters. The monoisotopic (exact) mass is 346 g/mol. The number of ether oxygens (including phenoxy) is 1. The molecule has 0 aromatic rings. The summed E-state index contributed by atoms with van der Waals surface area (Å²) in [5.74, 6) is 0. The highest BCUT2D eigenvalue weighted by Crippen LogP contribution is 2.38. The number of carbonyl (C=O) groups excluding carboxylic acids is 4. The predicted molar refractivity (Wildman–Crippen MR) is 83.5 cm³/mol. The fraction of sp³-hybridized carbons (Fsp3) is 0.750. The van der Waals surface area contributed by atoms with Gasteiger partial charge in [-0.25, -0.2) is 19.2 Å². The van der Waals surface area contributed by atoms with Gasteiger partial charge in [0, 0.05) is 0 Å². The zero-order valence-electron chi connectivity index (χ0n) is 13.6. The first kappa shape index (κ1) is 18.8. The van der Waals surface area contributed by atoms with Crippen LogP contribution in [0.4, 0.5) is 0 Å². The van der Waals surface area contributed by atoms with Gasteiger partial charge >= 0.3 is 0 Å². The van der Waals surface area contributed by atoms with Gasteiger partial charge in [-0.15, -0.1) is 0 Å². The Labute approximate surface area is 144 Å². The van der Waals surface area contributed by atoms with Crippen molar-refractivity contribution < 1.29 is 23.9 Å². The molecule has 0 amide bonds. The van der Waals surface area contributed by atoms with E-state index in [1.54, 1.807) is 0 Å². The van der Waals surface area contributed by atoms with Gasteiger partial charge in [-0.05, 0) is 51.4 Å². The van der Waals surface area contributed by atoms with Crippen LogP contribution in [0.3, 0.4) is 0 Å². The lowest BCUT2D eigenvalue weighted by atomic mass is 9.86. The minimum atomic E-state index is -1.05. The van der Waals surface area contributed by atoms with Crippen LogP contribution in [-0.2, 0) is 23.9 Å². The second kappa shape index (κ2) is 8.54. The van der Waals surface area contributed by atoms with Gasteiger partial charge in [-0.3, -0.25) is 0 Å². The number of hydrogen-bond acceptors (Lipinski definition) is 9. The Bertz CT molecular complexity index is 569. The zero-order valence-corrected chi connectivity index (χ0v) is 13.6. The lowest BCUT2D eigenvalue weighted by Gasteiger charge is -2.37. The molecule has 9 nitrogen and oxygen atoms in total. The predicted octanol–water partition coefficient (Wildman–Crippen LogP) is 1.62. The Kier molecular flexibility index (Phi) is 6.43. The topological polar surface area (TPSA) is 127 Å². The van der Waals surface area contributed by atoms with Crippen molar-refractivity contribution >= 4 is 24.3 Å². The second-order valence-corrected chi connectivity index (χ2v) is 6.31. The van der Waals surface area contributed by atoms with Crippen molar-refractivity contribution in [3.05, 3.63) is 0 Å². The van der Waals surface area contributed by atoms with E-state index in [9.17, 15) is 19.2 Å². The third-order valence-corrected chi connectivity index (χ3v) is 4.87. The maximum atomic E-state index is 10.5. The van der Waals surface area contributed by atoms with Gasteiger partial charge in [0.2, 0.25) is 24.3 Å². The van der Waals surface area contributed by atoms with Crippen LogP contribution in [-0.4, -0.2) is 47.9 Å². The maximum absolute atomic E-state index is 10.5. The van der Waals surface area contributed by atoms with Crippen molar-refractivity contribution in [2.75, 3.05) is 0 Å². The molecule has 2 saturated carbocycles. The molecule has 0 spiro atoms. The van der Waals surface area contributed by atoms with E-state index in [4.69, 9.17) is 4.74 Å². The largest absolute Gasteiger partial charge is 0.375 e. The number of hydrogen-bond donors (Lipinski definition) is 0. The maximum Gasteiger partial charge on any atom is 0.237 e. The molecule has 2 fully saturated rings. The van der Waals surface area contributed by atoms with Crippen molar-refractivity contribution in [3.8, 4) is 0 Å². The molecule has 9 heteroatoms. The first-order valence-corrected chi connectivity index (χ1v) is 8.12. The minimum absolute atomic E-state index is 0.0292. The Morgan fingerprint density at radius 3 is 1.12 bits per heavy atom. The number of isocyanates is 4. The molecule has 2 aliphatic rings. The van der Waals surface area contributed by atoms with Gasteiger partial charge in [0.25, 0.3) is 0 Å². The lowest BCUT2D eigenvalue weighted by Crippen LogP contribution is -2.38. The molecule has 2 aliphatic carbocycles. The number of aliphatic imine (C=N–C) groups is 4. The highest BCUT2D eigenvalue weighted by Gasteiger charge is 2.39. The second-order valence-electron chi connectivity index (χ2n) is 6.31. The molecule has 2 rings (SSSR count). The van der Waals surface area contributed by atoms with E-state index in [1.807, 2.05) is 0 Å². The third-order valence-electron chi connectivity index (χ3n) is 4.87. The minimum Gasteiger partial charge on any atom is -0.375 e. The summed E-state index contributed by atoms with van der Waals surface area (Å²) in [5.41, 5.74) is -2.11. The van der Waals surface area contributed by atoms with Gasteiger partial charge in [-0.2, -0.15) is 20.0 Å². The van der Waals surface area contributed by atoms with Gasteiger partial charge in [0.05, 0.1) is 12.2 Å². The lowest BCUT2D eigenvalue weighted by molar-refractivity contribution is -0.0594. The summed E-state index contributed by atoms with van der Waals surface area (Å²) in [6.45, 7) is 0. The molecular formula is C16H18N4O5. The molecule has 0 aromatic carbocycles. The van der Waals surface area contributed by atoms with Crippen molar-refractivity contribution in [2.45, 2.75) is 74.9 Å². The molecule has 0 bridgehead atoms. The number of nitrogens with zero attached hydrogens (tertiary/aromatic N) is 4. The SMILES string of the molecule is O=C=NC1(N=C=O)CCC(OC2CCC(N=C=O)(N=C=O)CC2)CC1. The van der Waals surface area contributed by atoms with Crippen LogP contribution in [0.2, 0.25) is 0 Å². The van der Waals surface area contributed by atoms with E-state index in [0.29, 0.717) is 51.4 Å². The van der Waals surface area contributed by atoms with E-state index in [1.165, 1.54) is 24.3 Å². The van der Waals surface area contributed by atoms with Crippen LogP contribution in [0.5, 0.6) is 0 Å². The average Bonchev–Trinajstić information content (AvgIpc) is 2.60. The highest BCUT2D eigenvalue weighted by atomic mass is 16.5. The van der Waals surface area contributed by atoms with E-state index in [-0.39, 0.29) is 12.2 Å². The summed E-state index contributed by atoms with van der Waals surface area (Å²) in [6.07, 6.45) is 9.94. The smallest absolute Gasteiger partial charge is 0.237 e. The summed E-state index contributed by atoms with van der Waals surface area (Å²) in [6, 6.07) is 0. The van der Waals surface area contributed by atoms with Crippen LogP contribution < -0.4 is 0 Å². The van der Waals surface area contributed by atoms with Crippen molar-refractivity contribution in [3.63, 3.8) is 0 Å². The van der Waals surface area contributed by atoms with E-state index in [2.05, 4.69) is 20.0 Å². The third kappa shape index (κ3) is 4.74. The Hall–Kier alpha value is -2.52. The highest BCUT2D eigenvalue weighted by molar-refractivity contribution is 5.39. The Balaban J connectivity index is 1.89. The summed E-state index contributed by atoms with van der Waals surface area (Å²) in [7, 11) is 0. The molecule has 0 radical (unpaired) electrons. The summed E-state index contributed by atoms with van der Waals surface area (Å²) in [4.78, 5) is 56.8. The first-order chi connectivity index (χ1) is 12.1. The first-order valence-electron chi connectivity index (χ1n) is 8.12. The molecule has 0 aliphatic heterocycles. The van der Waals surface area contributed by atoms with Gasteiger partial charge in [0.1, 0.15) is 0 Å². The fourth-order valence-electron chi connectivity index (χ4n) is 3.49. The van der Waals surface area contributed by atoms with E-state index < -0.39 is 11.3 Å². The van der Waals surface area contributed by atoms with E-state index in [0.717, 1.165) is 0 Å². The Morgan fingerprint density at radius 2 is 0.880 bits per heavy atom. The molecule has 0 N–H and O–H groups in total. The van der Waals surface area contributed by atoms with Crippen LogP contribution in [0.25, 0.3) is 0 Å². The Morgan fingerprint density at radius 1 is 0.600 bits per heavy atom. The molecule has 0 unspecified atom stereocenters. The van der Waals surface area contributed by atoms with Crippen molar-refractivity contribution in [1.82, 2.24) is 0 Å². The van der Waals surface area contributed by atoms with Gasteiger partial charge < -0.3 is 4.74 Å². The number of rotatable bonds is 6. The van der Waals surface area contributed by atoms with Crippen molar-refractivity contribution in [1.29, 1.82) is 0 Å². The quantitative estimate of drug-likeness (QED) is 0.533. The summed E-state index contributed by atoms with van der Waals surface area (Å²) < 4.78 is 6.07. The molecular weight excluding hydrogens is 328 g/mol. The standard InChI is InChI=1S/C16H18N4O5/c21-9-17-15(18-10-22)5-1-13(2-6-15)25-14-3-7-16(8-4-14,19-11-23)20-12-24/h13-14H,1-8H2. The molecule has 25 heavy (non-hydrogen) atoms. The normalized spacial score (nSPS) is 34.4. The van der Waals surface area contributed by atoms with Gasteiger partial charge in [0.15, 0.2) is 11.3 Å². The fourth-order valence-corrected chi connectivity index (χ4v) is 3.49. The average molecular weight is 346 g/mol. The summed E-state index contributed by atoms with van der Waals surface area (Å²) >= 11 is 0. The van der Waals surface area contributed by atoms with Crippen LogP contribution in [0.1, 0.15) is 51.4 Å². The molecule has 132 valence electrons. The molecule has 0 heterocycles. The van der Waals surface area contributed by atoms with E-state index >= 15 is 0 Å². The van der Waals surface area contributed by atoms with Crippen molar-refractivity contribution in [2.24, 2.45) is 20.0 Å². The zero-order chi connectivity index (χ0) is 18.2. The molecule has 0 aromatic heterocycles. The molecule has 0 saturated heterocycles. The van der Waals surface area contributed by atoms with Crippen LogP contribution >= 0.6 is 0 Å². The van der Waals surface area contributed by atoms with Crippen LogP contribution in [0, 0.1) is 0 Å².